The Balaban J connectivity index is 2.03. The highest BCUT2D eigenvalue weighted by Gasteiger charge is 2.27. The summed E-state index contributed by atoms with van der Waals surface area (Å²) in [5.74, 6) is -0.0281. The number of thiophene rings is 1. The molecule has 20 heavy (non-hydrogen) atoms. The zero-order chi connectivity index (χ0) is 14.3. The van der Waals surface area contributed by atoms with Crippen LogP contribution in [0.1, 0.15) is 27.2 Å². The lowest BCUT2D eigenvalue weighted by atomic mass is 9.99. The third-order valence-corrected chi connectivity index (χ3v) is 5.31. The molecule has 1 aromatic carbocycles. The summed E-state index contributed by atoms with van der Waals surface area (Å²) in [6, 6.07) is 5.73. The minimum Gasteiger partial charge on any atom is -0.398 e. The lowest BCUT2D eigenvalue weighted by Crippen LogP contribution is -2.35. The number of fused-ring (bicyclic) bond motifs is 1. The van der Waals surface area contributed by atoms with E-state index in [9.17, 15) is 4.79 Å². The molecule has 1 aliphatic heterocycles. The van der Waals surface area contributed by atoms with E-state index in [2.05, 4.69) is 0 Å². The van der Waals surface area contributed by atoms with Crippen molar-refractivity contribution >= 4 is 40.2 Å². The van der Waals surface area contributed by atoms with Crippen LogP contribution in [0.2, 0.25) is 5.02 Å². The molecule has 0 radical (unpaired) electrons. The molecule has 0 saturated carbocycles. The van der Waals surface area contributed by atoms with Gasteiger partial charge in [0.15, 0.2) is 0 Å². The smallest absolute Gasteiger partial charge is 0.269 e. The molecular weight excluding hydrogens is 292 g/mol. The number of rotatable bonds is 1. The topological polar surface area (TPSA) is 46.3 Å². The monoisotopic (exact) mass is 306 g/mol. The average Bonchev–Trinajstić information content (AvgIpc) is 2.78. The second-order valence-corrected chi connectivity index (χ2v) is 6.22. The largest absolute Gasteiger partial charge is 0.398 e. The predicted octanol–water partition coefficient (Wildman–Crippen LogP) is 3.89. The van der Waals surface area contributed by atoms with Gasteiger partial charge in [0.2, 0.25) is 0 Å². The Hall–Kier alpha value is -1.52. The van der Waals surface area contributed by atoms with Gasteiger partial charge < -0.3 is 10.6 Å². The van der Waals surface area contributed by atoms with E-state index in [1.807, 2.05) is 30.5 Å². The molecule has 2 N–H and O–H groups in total. The maximum atomic E-state index is 12.7. The van der Waals surface area contributed by atoms with Gasteiger partial charge in [-0.15, -0.1) is 11.3 Å². The molecule has 0 fully saturated rings. The Morgan fingerprint density at radius 3 is 2.95 bits per heavy atom. The van der Waals surface area contributed by atoms with Gasteiger partial charge >= 0.3 is 0 Å². The molecule has 104 valence electrons. The molecule has 0 spiro atoms. The summed E-state index contributed by atoms with van der Waals surface area (Å²) in [5.41, 5.74) is 9.71. The Bertz CT molecular complexity index is 681. The Labute approximate surface area is 127 Å². The fraction of sp³-hybridized carbons (Fsp3) is 0.267. The quantitative estimate of drug-likeness (QED) is 0.813. The molecule has 5 heteroatoms. The van der Waals surface area contributed by atoms with Crippen molar-refractivity contribution in [2.45, 2.75) is 19.8 Å². The van der Waals surface area contributed by atoms with Crippen molar-refractivity contribution in [1.82, 2.24) is 0 Å². The highest BCUT2D eigenvalue weighted by molar-refractivity contribution is 7.13. The average molecular weight is 307 g/mol. The molecule has 0 aliphatic carbocycles. The summed E-state index contributed by atoms with van der Waals surface area (Å²) >= 11 is 7.62. The lowest BCUT2D eigenvalue weighted by molar-refractivity contribution is 0.0989. The van der Waals surface area contributed by atoms with E-state index in [-0.39, 0.29) is 5.91 Å². The van der Waals surface area contributed by atoms with Crippen LogP contribution in [0.15, 0.2) is 23.6 Å². The molecule has 2 aromatic rings. The molecule has 0 bridgehead atoms. The zero-order valence-electron chi connectivity index (χ0n) is 11.1. The molecule has 1 aromatic heterocycles. The first kappa shape index (κ1) is 13.5. The lowest BCUT2D eigenvalue weighted by Gasteiger charge is -2.30. The van der Waals surface area contributed by atoms with Crippen LogP contribution in [0.25, 0.3) is 0 Å². The summed E-state index contributed by atoms with van der Waals surface area (Å²) in [7, 11) is 0. The van der Waals surface area contributed by atoms with Crippen LogP contribution in [-0.2, 0) is 6.42 Å². The number of carbonyl (C=O) groups is 1. The SMILES string of the molecule is Cc1csc(C(=O)N2CCCc3c(N)cccc32)c1Cl. The van der Waals surface area contributed by atoms with Gasteiger partial charge in [0.1, 0.15) is 4.88 Å². The van der Waals surface area contributed by atoms with Crippen molar-refractivity contribution in [3.8, 4) is 0 Å². The van der Waals surface area contributed by atoms with Crippen LogP contribution in [0.3, 0.4) is 0 Å². The van der Waals surface area contributed by atoms with Crippen molar-refractivity contribution in [3.05, 3.63) is 44.6 Å². The minimum absolute atomic E-state index is 0.0281. The maximum absolute atomic E-state index is 12.7. The number of nitrogens with zero attached hydrogens (tertiary/aromatic N) is 1. The fourth-order valence-electron chi connectivity index (χ4n) is 2.56. The maximum Gasteiger partial charge on any atom is 0.269 e. The van der Waals surface area contributed by atoms with E-state index >= 15 is 0 Å². The van der Waals surface area contributed by atoms with E-state index < -0.39 is 0 Å². The van der Waals surface area contributed by atoms with Gasteiger partial charge in [-0.1, -0.05) is 17.7 Å². The number of halogens is 1. The van der Waals surface area contributed by atoms with Gasteiger partial charge in [0, 0.05) is 17.9 Å². The summed E-state index contributed by atoms with van der Waals surface area (Å²) in [6.45, 7) is 2.63. The molecule has 0 saturated heterocycles. The van der Waals surface area contributed by atoms with E-state index in [1.54, 1.807) is 4.90 Å². The molecule has 3 rings (SSSR count). The molecule has 0 unspecified atom stereocenters. The number of carbonyl (C=O) groups excluding carboxylic acids is 1. The standard InChI is InChI=1S/C15H15ClN2OS/c1-9-8-20-14(13(9)16)15(19)18-7-3-4-10-11(17)5-2-6-12(10)18/h2,5-6,8H,3-4,7,17H2,1H3. The van der Waals surface area contributed by atoms with E-state index in [0.29, 0.717) is 16.4 Å². The minimum atomic E-state index is -0.0281. The molecule has 1 aliphatic rings. The van der Waals surface area contributed by atoms with Gasteiger partial charge in [0.25, 0.3) is 5.91 Å². The van der Waals surface area contributed by atoms with Crippen molar-refractivity contribution in [2.75, 3.05) is 17.2 Å². The number of benzene rings is 1. The summed E-state index contributed by atoms with van der Waals surface area (Å²) in [6.07, 6.45) is 1.85. The Morgan fingerprint density at radius 2 is 2.25 bits per heavy atom. The van der Waals surface area contributed by atoms with E-state index in [4.69, 9.17) is 17.3 Å². The predicted molar refractivity (Wildman–Crippen MR) is 84.9 cm³/mol. The number of anilines is 2. The molecular formula is C15H15ClN2OS. The first-order valence-electron chi connectivity index (χ1n) is 6.52. The third kappa shape index (κ3) is 2.09. The number of hydrogen-bond donors (Lipinski definition) is 1. The zero-order valence-corrected chi connectivity index (χ0v) is 12.7. The normalized spacial score (nSPS) is 14.2. The number of aryl methyl sites for hydroxylation is 1. The Morgan fingerprint density at radius 1 is 1.45 bits per heavy atom. The van der Waals surface area contributed by atoms with Crippen molar-refractivity contribution in [3.63, 3.8) is 0 Å². The Kier molecular flexibility index (Phi) is 3.44. The molecule has 3 nitrogen and oxygen atoms in total. The van der Waals surface area contributed by atoms with Gasteiger partial charge in [-0.2, -0.15) is 0 Å². The third-order valence-electron chi connectivity index (χ3n) is 3.63. The number of amides is 1. The number of nitrogens with two attached hydrogens (primary N) is 1. The van der Waals surface area contributed by atoms with Crippen molar-refractivity contribution < 1.29 is 4.79 Å². The van der Waals surface area contributed by atoms with Crippen LogP contribution in [-0.4, -0.2) is 12.5 Å². The summed E-state index contributed by atoms with van der Waals surface area (Å²) in [4.78, 5) is 15.1. The van der Waals surface area contributed by atoms with Crippen LogP contribution in [0.5, 0.6) is 0 Å². The van der Waals surface area contributed by atoms with Crippen LogP contribution in [0, 0.1) is 6.92 Å². The fourth-order valence-corrected chi connectivity index (χ4v) is 3.78. The van der Waals surface area contributed by atoms with Crippen molar-refractivity contribution in [1.29, 1.82) is 0 Å². The number of hydrogen-bond acceptors (Lipinski definition) is 3. The highest BCUT2D eigenvalue weighted by Crippen LogP contribution is 2.35. The van der Waals surface area contributed by atoms with Crippen LogP contribution in [0.4, 0.5) is 11.4 Å². The van der Waals surface area contributed by atoms with Crippen molar-refractivity contribution in [2.24, 2.45) is 0 Å². The van der Waals surface area contributed by atoms with Crippen LogP contribution < -0.4 is 10.6 Å². The molecule has 2 heterocycles. The first-order chi connectivity index (χ1) is 9.59. The van der Waals surface area contributed by atoms with Gasteiger partial charge in [0.05, 0.1) is 5.02 Å². The summed E-state index contributed by atoms with van der Waals surface area (Å²) < 4.78 is 0. The van der Waals surface area contributed by atoms with E-state index in [0.717, 1.165) is 35.3 Å². The molecule has 0 atom stereocenters. The highest BCUT2D eigenvalue weighted by atomic mass is 35.5. The second-order valence-electron chi connectivity index (χ2n) is 4.97. The van der Waals surface area contributed by atoms with Gasteiger partial charge in [-0.3, -0.25) is 4.79 Å². The van der Waals surface area contributed by atoms with E-state index in [1.165, 1.54) is 11.3 Å². The number of nitrogen functional groups attached to an aromatic ring is 1. The first-order valence-corrected chi connectivity index (χ1v) is 7.78. The van der Waals surface area contributed by atoms with Gasteiger partial charge in [-0.25, -0.2) is 0 Å². The van der Waals surface area contributed by atoms with Crippen LogP contribution >= 0.6 is 22.9 Å². The summed E-state index contributed by atoms with van der Waals surface area (Å²) in [5, 5.41) is 2.48. The van der Waals surface area contributed by atoms with Gasteiger partial charge in [-0.05, 0) is 48.4 Å². The second kappa shape index (κ2) is 5.11. The molecule has 1 amide bonds.